The monoisotopic (exact) mass is 620 g/mol. The van der Waals surface area contributed by atoms with Crippen LogP contribution in [0.15, 0.2) is 96.5 Å². The van der Waals surface area contributed by atoms with Crippen LogP contribution < -0.4 is 0 Å². The Morgan fingerprint density at radius 3 is 1.66 bits per heavy atom. The number of aliphatic hydroxyl groups excluding tert-OH is 2. The van der Waals surface area contributed by atoms with Gasteiger partial charge in [0.1, 0.15) is 0 Å². The third kappa shape index (κ3) is 11.6. The summed E-state index contributed by atoms with van der Waals surface area (Å²) in [7, 11) is 2.63. The van der Waals surface area contributed by atoms with Crippen LogP contribution in [0.2, 0.25) is 0 Å². The number of carbonyl (C=O) groups is 2. The van der Waals surface area contributed by atoms with Crippen molar-refractivity contribution >= 4 is 33.9 Å². The molecular weight excluding hydrogens is 592 g/mol. The van der Waals surface area contributed by atoms with Gasteiger partial charge in [0.2, 0.25) is 0 Å². The predicted octanol–water partition coefficient (Wildman–Crippen LogP) is 4.57. The van der Waals surface area contributed by atoms with Crippen molar-refractivity contribution in [3.63, 3.8) is 0 Å². The molecule has 2 aromatic heterocycles. The predicted molar refractivity (Wildman–Crippen MR) is 158 cm³/mol. The van der Waals surface area contributed by atoms with Gasteiger partial charge in [-0.3, -0.25) is 0 Å². The molecule has 4 aromatic rings. The Hall–Kier alpha value is -4.58. The van der Waals surface area contributed by atoms with E-state index in [1.165, 1.54) is 20.3 Å². The Labute approximate surface area is 246 Å². The Morgan fingerprint density at radius 1 is 0.805 bits per heavy atom. The number of halogens is 1. The molecule has 0 saturated carbocycles. The molecule has 0 radical (unpaired) electrons. The minimum absolute atomic E-state index is 0.0200. The average molecular weight is 621 g/mol. The summed E-state index contributed by atoms with van der Waals surface area (Å²) in [5.41, 5.74) is 4.12. The molecule has 0 spiro atoms. The Balaban J connectivity index is 0.000000246. The van der Waals surface area contributed by atoms with Gasteiger partial charge in [0.15, 0.2) is 11.6 Å². The number of carbonyl (C=O) groups excluding carboxylic acids is 2. The molecule has 0 aliphatic heterocycles. The van der Waals surface area contributed by atoms with Gasteiger partial charge in [0, 0.05) is 53.6 Å². The van der Waals surface area contributed by atoms with E-state index in [0.717, 1.165) is 32.8 Å². The van der Waals surface area contributed by atoms with E-state index in [2.05, 4.69) is 51.9 Å². The van der Waals surface area contributed by atoms with Gasteiger partial charge in [-0.25, -0.2) is 29.5 Å². The Morgan fingerprint density at radius 2 is 1.27 bits per heavy atom. The van der Waals surface area contributed by atoms with E-state index in [9.17, 15) is 9.59 Å². The van der Waals surface area contributed by atoms with E-state index in [4.69, 9.17) is 10.2 Å². The number of nitrogens with zero attached hydrogens (tertiary/aromatic N) is 4. The van der Waals surface area contributed by atoms with Gasteiger partial charge in [-0.05, 0) is 45.3 Å². The number of methoxy groups -OCH3 is 2. The highest BCUT2D eigenvalue weighted by Crippen LogP contribution is 2.18. The highest BCUT2D eigenvalue weighted by atomic mass is 79.9. The van der Waals surface area contributed by atoms with Gasteiger partial charge in [0.25, 0.3) is 0 Å². The first-order valence-corrected chi connectivity index (χ1v) is 12.8. The zero-order valence-corrected chi connectivity index (χ0v) is 24.1. The smallest absolute Gasteiger partial charge is 0.330 e. The molecular formula is C30H29BrN4O6. The molecule has 2 heterocycles. The van der Waals surface area contributed by atoms with Crippen LogP contribution in [0.3, 0.4) is 0 Å². The van der Waals surface area contributed by atoms with Crippen LogP contribution in [0.25, 0.3) is 28.9 Å². The number of ether oxygens (including phenoxy) is 2. The number of aromatic nitrogens is 4. The van der Waals surface area contributed by atoms with Gasteiger partial charge < -0.3 is 19.7 Å². The lowest BCUT2D eigenvalue weighted by Gasteiger charge is -2.02. The standard InChI is InChI=1S/C15H14N2O3.C11H9BrN2O.C4H6O2/c1-20-14(19)6-5-12-8-16-15(17-9-12)13-4-2-3-11(7-13)10-18;12-10-5-13-11(14-6-10)9-3-1-2-8(4-9)7-15;1-3-4(5)6-2/h2-9,18H,10H2,1H3;1-6,15H,7H2;3H,1H2,2H3/b6-5+;;. The van der Waals surface area contributed by atoms with Crippen molar-refractivity contribution < 1.29 is 29.3 Å². The molecule has 212 valence electrons. The molecule has 0 atom stereocenters. The molecule has 0 bridgehead atoms. The van der Waals surface area contributed by atoms with Crippen LogP contribution in [-0.2, 0) is 32.3 Å². The molecule has 0 saturated heterocycles. The van der Waals surface area contributed by atoms with Crippen LogP contribution in [0.5, 0.6) is 0 Å². The maximum absolute atomic E-state index is 11.0. The number of benzene rings is 2. The second-order valence-corrected chi connectivity index (χ2v) is 8.78. The summed E-state index contributed by atoms with van der Waals surface area (Å²) in [6, 6.07) is 14.9. The fourth-order valence-electron chi connectivity index (χ4n) is 2.97. The highest BCUT2D eigenvalue weighted by molar-refractivity contribution is 9.10. The molecule has 0 aliphatic carbocycles. The minimum atomic E-state index is -0.426. The van der Waals surface area contributed by atoms with Gasteiger partial charge in [-0.1, -0.05) is 43.0 Å². The largest absolute Gasteiger partial charge is 0.466 e. The summed E-state index contributed by atoms with van der Waals surface area (Å²) < 4.78 is 9.49. The normalized spacial score (nSPS) is 9.98. The number of aliphatic hydroxyl groups is 2. The average Bonchev–Trinajstić information content (AvgIpc) is 3.04. The van der Waals surface area contributed by atoms with E-state index >= 15 is 0 Å². The maximum atomic E-state index is 11.0. The van der Waals surface area contributed by atoms with Crippen molar-refractivity contribution in [3.05, 3.63) is 113 Å². The highest BCUT2D eigenvalue weighted by Gasteiger charge is 2.03. The van der Waals surface area contributed by atoms with Gasteiger partial charge in [-0.15, -0.1) is 0 Å². The second-order valence-electron chi connectivity index (χ2n) is 7.87. The lowest BCUT2D eigenvalue weighted by molar-refractivity contribution is -0.135. The van der Waals surface area contributed by atoms with Crippen molar-refractivity contribution in [1.82, 2.24) is 19.9 Å². The Kier molecular flexibility index (Phi) is 14.2. The molecule has 41 heavy (non-hydrogen) atoms. The van der Waals surface area contributed by atoms with Crippen LogP contribution in [0.4, 0.5) is 0 Å². The van der Waals surface area contributed by atoms with E-state index in [1.807, 2.05) is 48.5 Å². The number of hydrogen-bond acceptors (Lipinski definition) is 10. The topological polar surface area (TPSA) is 145 Å². The van der Waals surface area contributed by atoms with Crippen molar-refractivity contribution in [2.45, 2.75) is 13.2 Å². The zero-order valence-electron chi connectivity index (χ0n) is 22.5. The van der Waals surface area contributed by atoms with Crippen molar-refractivity contribution in [2.24, 2.45) is 0 Å². The van der Waals surface area contributed by atoms with Gasteiger partial charge >= 0.3 is 11.9 Å². The first-order valence-electron chi connectivity index (χ1n) is 12.0. The molecule has 2 N–H and O–H groups in total. The first-order chi connectivity index (χ1) is 19.8. The van der Waals surface area contributed by atoms with E-state index in [1.54, 1.807) is 30.9 Å². The van der Waals surface area contributed by atoms with Gasteiger partial charge in [-0.2, -0.15) is 0 Å². The molecule has 0 unspecified atom stereocenters. The fourth-order valence-corrected chi connectivity index (χ4v) is 3.17. The third-order valence-electron chi connectivity index (χ3n) is 5.01. The molecule has 0 aliphatic rings. The van der Waals surface area contributed by atoms with E-state index in [0.29, 0.717) is 17.2 Å². The van der Waals surface area contributed by atoms with Gasteiger partial charge in [0.05, 0.1) is 31.9 Å². The first kappa shape index (κ1) is 32.6. The molecule has 11 heteroatoms. The summed E-state index contributed by atoms with van der Waals surface area (Å²) in [5, 5.41) is 18.1. The Bertz CT molecular complexity index is 1440. The van der Waals surface area contributed by atoms with Crippen LogP contribution in [0, 0.1) is 0 Å². The number of rotatable bonds is 7. The maximum Gasteiger partial charge on any atom is 0.330 e. The van der Waals surface area contributed by atoms with Crippen molar-refractivity contribution in [1.29, 1.82) is 0 Å². The zero-order chi connectivity index (χ0) is 30.0. The molecule has 0 amide bonds. The summed E-state index contributed by atoms with van der Waals surface area (Å²) in [4.78, 5) is 37.6. The lowest BCUT2D eigenvalue weighted by atomic mass is 10.1. The van der Waals surface area contributed by atoms with Crippen LogP contribution in [0.1, 0.15) is 16.7 Å². The SMILES string of the molecule is C=CC(=O)OC.COC(=O)/C=C/c1cnc(-c2cccc(CO)c2)nc1.OCc1cccc(-c2ncc(Br)cn2)c1. The third-order valence-corrected chi connectivity index (χ3v) is 5.42. The minimum Gasteiger partial charge on any atom is -0.466 e. The summed E-state index contributed by atoms with van der Waals surface area (Å²) in [5.74, 6) is 0.406. The van der Waals surface area contributed by atoms with Crippen LogP contribution in [-0.4, -0.2) is 56.3 Å². The fraction of sp³-hybridized carbons (Fsp3) is 0.133. The molecule has 4 rings (SSSR count). The summed E-state index contributed by atoms with van der Waals surface area (Å²) in [6.45, 7) is 3.17. The molecule has 10 nitrogen and oxygen atoms in total. The number of hydrogen-bond donors (Lipinski definition) is 2. The number of esters is 2. The van der Waals surface area contributed by atoms with Crippen LogP contribution >= 0.6 is 15.9 Å². The van der Waals surface area contributed by atoms with E-state index < -0.39 is 11.9 Å². The summed E-state index contributed by atoms with van der Waals surface area (Å²) in [6.07, 6.45) is 10.6. The van der Waals surface area contributed by atoms with Crippen molar-refractivity contribution in [2.75, 3.05) is 14.2 Å². The quantitative estimate of drug-likeness (QED) is 0.223. The van der Waals surface area contributed by atoms with E-state index in [-0.39, 0.29) is 13.2 Å². The lowest BCUT2D eigenvalue weighted by Crippen LogP contribution is -1.94. The molecule has 2 aromatic carbocycles. The summed E-state index contributed by atoms with van der Waals surface area (Å²) >= 11 is 3.28. The molecule has 0 fully saturated rings. The van der Waals surface area contributed by atoms with Crippen molar-refractivity contribution in [3.8, 4) is 22.8 Å². The second kappa shape index (κ2) is 17.9.